The van der Waals surface area contributed by atoms with Crippen molar-refractivity contribution in [3.05, 3.63) is 11.9 Å². The van der Waals surface area contributed by atoms with Crippen molar-refractivity contribution >= 4 is 17.7 Å². The second-order valence-electron chi connectivity index (χ2n) is 9.15. The van der Waals surface area contributed by atoms with E-state index in [2.05, 4.69) is 15.6 Å². The van der Waals surface area contributed by atoms with Crippen LogP contribution in [0.2, 0.25) is 0 Å². The Bertz CT molecular complexity index is 819. The first-order valence-electron chi connectivity index (χ1n) is 10.6. The van der Waals surface area contributed by atoms with Crippen molar-refractivity contribution in [2.45, 2.75) is 58.3 Å². The Kier molecular flexibility index (Phi) is 6.95. The summed E-state index contributed by atoms with van der Waals surface area (Å²) in [5, 5.41) is 21.0. The van der Waals surface area contributed by atoms with Gasteiger partial charge in [-0.1, -0.05) is 26.0 Å². The summed E-state index contributed by atoms with van der Waals surface area (Å²) in [4.78, 5) is 41.1. The summed E-state index contributed by atoms with van der Waals surface area (Å²) in [5.74, 6) is -0.609. The third kappa shape index (κ3) is 5.21. The number of likely N-dealkylation sites (tertiary alicyclic amines) is 1. The highest BCUT2D eigenvalue weighted by Crippen LogP contribution is 2.34. The van der Waals surface area contributed by atoms with Crippen LogP contribution in [0, 0.1) is 5.41 Å². The number of rotatable bonds is 5. The average Bonchev–Trinajstić information content (AvgIpc) is 3.25. The molecule has 0 bridgehead atoms. The number of nitrogens with zero attached hydrogens (tertiary/aromatic N) is 5. The summed E-state index contributed by atoms with van der Waals surface area (Å²) in [6.45, 7) is 7.48. The van der Waals surface area contributed by atoms with Gasteiger partial charge in [0.2, 0.25) is 17.7 Å². The van der Waals surface area contributed by atoms with Crippen molar-refractivity contribution in [2.24, 2.45) is 5.41 Å². The maximum atomic E-state index is 13.5. The molecule has 2 N–H and O–H groups in total. The second kappa shape index (κ2) is 9.31. The van der Waals surface area contributed by atoms with E-state index in [0.29, 0.717) is 31.9 Å². The summed E-state index contributed by atoms with van der Waals surface area (Å²) in [6.07, 6.45) is 1.45. The lowest BCUT2D eigenvalue weighted by Crippen LogP contribution is -2.49. The summed E-state index contributed by atoms with van der Waals surface area (Å²) in [6, 6.07) is -1.45. The van der Waals surface area contributed by atoms with Crippen LogP contribution in [0.15, 0.2) is 6.20 Å². The van der Waals surface area contributed by atoms with E-state index in [1.54, 1.807) is 11.1 Å². The fourth-order valence-corrected chi connectivity index (χ4v) is 4.10. The fraction of sp³-hybridized carbons (Fsp3) is 0.750. The Morgan fingerprint density at radius 3 is 2.77 bits per heavy atom. The van der Waals surface area contributed by atoms with Crippen LogP contribution in [-0.2, 0) is 25.7 Å². The number of ether oxygens (including phenoxy) is 1. The van der Waals surface area contributed by atoms with E-state index in [0.717, 1.165) is 0 Å². The van der Waals surface area contributed by atoms with Gasteiger partial charge in [-0.3, -0.25) is 14.4 Å². The average molecular weight is 437 g/mol. The molecule has 2 fully saturated rings. The van der Waals surface area contributed by atoms with Gasteiger partial charge in [-0.15, -0.1) is 5.10 Å². The van der Waals surface area contributed by atoms with Crippen LogP contribution in [0.1, 0.15) is 45.3 Å². The third-order valence-electron chi connectivity index (χ3n) is 5.66. The first-order valence-corrected chi connectivity index (χ1v) is 10.6. The van der Waals surface area contributed by atoms with Crippen LogP contribution in [0.5, 0.6) is 0 Å². The number of carbonyl (C=O) groups is 3. The Morgan fingerprint density at radius 1 is 1.35 bits per heavy atom. The molecule has 3 rings (SSSR count). The zero-order valence-corrected chi connectivity index (χ0v) is 18.6. The molecule has 0 aromatic carbocycles. The predicted octanol–water partition coefficient (Wildman–Crippen LogP) is -0.678. The molecule has 2 saturated heterocycles. The third-order valence-corrected chi connectivity index (χ3v) is 5.66. The molecule has 1 aromatic rings. The van der Waals surface area contributed by atoms with Crippen LogP contribution in [0.3, 0.4) is 0 Å². The quantitative estimate of drug-likeness (QED) is 0.626. The molecule has 0 unspecified atom stereocenters. The number of β-amino-alcohol motifs (C(OH)–C–C–N with tert-alkyl or cyclic N) is 1. The van der Waals surface area contributed by atoms with Crippen molar-refractivity contribution < 1.29 is 24.2 Å². The number of carbonyl (C=O) groups excluding carboxylic acids is 3. The zero-order valence-electron chi connectivity index (χ0n) is 18.6. The fourth-order valence-electron chi connectivity index (χ4n) is 4.10. The maximum Gasteiger partial charge on any atom is 0.248 e. The predicted molar refractivity (Wildman–Crippen MR) is 110 cm³/mol. The van der Waals surface area contributed by atoms with Gasteiger partial charge >= 0.3 is 0 Å². The highest BCUT2D eigenvalue weighted by atomic mass is 16.5. The lowest BCUT2D eigenvalue weighted by atomic mass is 9.85. The van der Waals surface area contributed by atoms with Gasteiger partial charge in [0.15, 0.2) is 0 Å². The highest BCUT2D eigenvalue weighted by Gasteiger charge is 2.45. The molecule has 31 heavy (non-hydrogen) atoms. The van der Waals surface area contributed by atoms with E-state index in [1.165, 1.54) is 16.6 Å². The molecule has 0 radical (unpaired) electrons. The van der Waals surface area contributed by atoms with Crippen LogP contribution in [0.25, 0.3) is 0 Å². The number of likely N-dealkylation sites (N-methyl/N-ethyl adjacent to an activating group) is 1. The Hall–Kier alpha value is -2.53. The van der Waals surface area contributed by atoms with Gasteiger partial charge in [-0.2, -0.15) is 0 Å². The van der Waals surface area contributed by atoms with Gasteiger partial charge in [0, 0.05) is 26.6 Å². The standard InChI is InChI=1S/C20H32N6O5/c1-20(2,3)17(19(30)25-12-14(27)9-15(25)18(29)21-4)26-11-13(22-23-26)10-24-6-8-31-7-5-16(24)28/h11,14-15,17,27H,5-10,12H2,1-4H3,(H,21,29)/t14-,15+,17-/m1/s1. The van der Waals surface area contributed by atoms with Gasteiger partial charge in [0.05, 0.1) is 38.5 Å². The molecule has 0 aliphatic carbocycles. The van der Waals surface area contributed by atoms with Gasteiger partial charge in [-0.05, 0) is 5.41 Å². The Labute approximate surface area is 181 Å². The summed E-state index contributed by atoms with van der Waals surface area (Å²) in [7, 11) is 1.51. The van der Waals surface area contributed by atoms with Gasteiger partial charge in [0.25, 0.3) is 0 Å². The minimum Gasteiger partial charge on any atom is -0.391 e. The molecule has 2 aliphatic heterocycles. The van der Waals surface area contributed by atoms with E-state index in [1.807, 2.05) is 20.8 Å². The highest BCUT2D eigenvalue weighted by molar-refractivity contribution is 5.90. The molecule has 0 saturated carbocycles. The number of nitrogens with one attached hydrogen (secondary N) is 1. The monoisotopic (exact) mass is 436 g/mol. The van der Waals surface area contributed by atoms with E-state index in [9.17, 15) is 19.5 Å². The zero-order chi connectivity index (χ0) is 22.8. The lowest BCUT2D eigenvalue weighted by molar-refractivity contribution is -0.144. The minimum atomic E-state index is -0.755. The topological polar surface area (TPSA) is 130 Å². The normalized spacial score (nSPS) is 23.6. The molecule has 2 aliphatic rings. The van der Waals surface area contributed by atoms with Crippen molar-refractivity contribution in [1.82, 2.24) is 30.1 Å². The molecular weight excluding hydrogens is 404 g/mol. The number of aliphatic hydroxyl groups is 1. The molecule has 1 aromatic heterocycles. The summed E-state index contributed by atoms with van der Waals surface area (Å²) in [5.41, 5.74) is 0.0383. The molecule has 11 nitrogen and oxygen atoms in total. The van der Waals surface area contributed by atoms with Crippen molar-refractivity contribution in [3.8, 4) is 0 Å². The molecule has 11 heteroatoms. The lowest BCUT2D eigenvalue weighted by Gasteiger charge is -2.34. The Morgan fingerprint density at radius 2 is 2.10 bits per heavy atom. The van der Waals surface area contributed by atoms with Gasteiger partial charge in [0.1, 0.15) is 17.8 Å². The van der Waals surface area contributed by atoms with Crippen LogP contribution >= 0.6 is 0 Å². The number of amides is 3. The van der Waals surface area contributed by atoms with E-state index < -0.39 is 23.6 Å². The summed E-state index contributed by atoms with van der Waals surface area (Å²) < 4.78 is 6.85. The van der Waals surface area contributed by atoms with Crippen molar-refractivity contribution in [1.29, 1.82) is 0 Å². The molecule has 3 atom stereocenters. The number of aromatic nitrogens is 3. The van der Waals surface area contributed by atoms with Gasteiger partial charge < -0.3 is 25.0 Å². The van der Waals surface area contributed by atoms with Gasteiger partial charge in [-0.25, -0.2) is 4.68 Å². The Balaban J connectivity index is 1.82. The number of hydrogen-bond acceptors (Lipinski definition) is 7. The SMILES string of the molecule is CNC(=O)[C@@H]1C[C@@H](O)CN1C(=O)[C@@H](n1cc(CN2CCOCCC2=O)nn1)C(C)(C)C. The first-order chi connectivity index (χ1) is 14.6. The smallest absolute Gasteiger partial charge is 0.248 e. The van der Waals surface area contributed by atoms with E-state index in [-0.39, 0.29) is 37.2 Å². The number of aliphatic hydroxyl groups excluding tert-OH is 1. The minimum absolute atomic E-state index is 0.00466. The van der Waals surface area contributed by atoms with Crippen molar-refractivity contribution in [3.63, 3.8) is 0 Å². The molecule has 3 amide bonds. The molecule has 3 heterocycles. The number of hydrogen-bond donors (Lipinski definition) is 2. The largest absolute Gasteiger partial charge is 0.391 e. The maximum absolute atomic E-state index is 13.5. The van der Waals surface area contributed by atoms with Crippen LogP contribution < -0.4 is 5.32 Å². The molecular formula is C20H32N6O5. The van der Waals surface area contributed by atoms with E-state index in [4.69, 9.17) is 4.74 Å². The summed E-state index contributed by atoms with van der Waals surface area (Å²) >= 11 is 0. The first kappa shape index (κ1) is 23.1. The van der Waals surface area contributed by atoms with E-state index >= 15 is 0 Å². The van der Waals surface area contributed by atoms with Crippen LogP contribution in [0.4, 0.5) is 0 Å². The molecule has 0 spiro atoms. The van der Waals surface area contributed by atoms with Crippen LogP contribution in [-0.4, -0.2) is 93.1 Å². The second-order valence-corrected chi connectivity index (χ2v) is 9.15. The van der Waals surface area contributed by atoms with Crippen molar-refractivity contribution in [2.75, 3.05) is 33.4 Å². The molecule has 172 valence electrons.